The van der Waals surface area contributed by atoms with Gasteiger partial charge in [-0.25, -0.2) is 4.79 Å². The third-order valence-corrected chi connectivity index (χ3v) is 3.03. The summed E-state index contributed by atoms with van der Waals surface area (Å²) in [7, 11) is 0. The van der Waals surface area contributed by atoms with Gasteiger partial charge in [0.15, 0.2) is 0 Å². The summed E-state index contributed by atoms with van der Waals surface area (Å²) in [6, 6.07) is 4.67. The Bertz CT molecular complexity index is 520. The van der Waals surface area contributed by atoms with Crippen LogP contribution in [0.15, 0.2) is 22.7 Å². The molecule has 1 aromatic rings. The van der Waals surface area contributed by atoms with Gasteiger partial charge < -0.3 is 10.1 Å². The van der Waals surface area contributed by atoms with Gasteiger partial charge in [-0.3, -0.25) is 4.79 Å². The maximum atomic E-state index is 12.1. The smallest absolute Gasteiger partial charge is 0.328 e. The van der Waals surface area contributed by atoms with Gasteiger partial charge in [0.2, 0.25) is 0 Å². The summed E-state index contributed by atoms with van der Waals surface area (Å²) >= 11 is 3.35. The Balaban J connectivity index is 2.73. The van der Waals surface area contributed by atoms with Crippen molar-refractivity contribution < 1.29 is 14.3 Å². The van der Waals surface area contributed by atoms with Crippen LogP contribution in [0.1, 0.15) is 43.6 Å². The molecule has 1 aromatic carbocycles. The lowest BCUT2D eigenvalue weighted by molar-refractivity contribution is -0.156. The van der Waals surface area contributed by atoms with E-state index in [1.165, 1.54) is 0 Å². The van der Waals surface area contributed by atoms with Crippen molar-refractivity contribution in [3.05, 3.63) is 33.8 Å². The van der Waals surface area contributed by atoms with Crippen molar-refractivity contribution in [3.8, 4) is 0 Å². The molecule has 0 aromatic heterocycles. The predicted molar refractivity (Wildman–Crippen MR) is 81.7 cm³/mol. The van der Waals surface area contributed by atoms with Gasteiger partial charge in [0.25, 0.3) is 5.91 Å². The molecule has 0 bridgehead atoms. The SMILES string of the molecule is Cc1cc(Br)ccc1C(=O)N[C@@H](C)C(=O)OC(C)(C)C. The minimum atomic E-state index is -0.690. The maximum absolute atomic E-state index is 12.1. The van der Waals surface area contributed by atoms with Crippen LogP contribution in [0, 0.1) is 6.92 Å². The van der Waals surface area contributed by atoms with E-state index in [1.54, 1.807) is 39.8 Å². The normalized spacial score (nSPS) is 12.7. The van der Waals surface area contributed by atoms with Gasteiger partial charge in [-0.15, -0.1) is 0 Å². The molecule has 110 valence electrons. The first-order chi connectivity index (χ1) is 9.10. The zero-order chi connectivity index (χ0) is 15.5. The molecule has 0 heterocycles. The number of esters is 1. The Hall–Kier alpha value is -1.36. The van der Waals surface area contributed by atoms with Crippen LogP contribution in [0.4, 0.5) is 0 Å². The second-order valence-electron chi connectivity index (χ2n) is 5.69. The third-order valence-electron chi connectivity index (χ3n) is 2.54. The molecular formula is C15H20BrNO3. The molecule has 1 atom stereocenters. The second kappa shape index (κ2) is 6.39. The van der Waals surface area contributed by atoms with Gasteiger partial charge >= 0.3 is 5.97 Å². The number of hydrogen-bond acceptors (Lipinski definition) is 3. The number of benzene rings is 1. The van der Waals surface area contributed by atoms with Crippen molar-refractivity contribution in [2.75, 3.05) is 0 Å². The fraction of sp³-hybridized carbons (Fsp3) is 0.467. The molecule has 20 heavy (non-hydrogen) atoms. The van der Waals surface area contributed by atoms with E-state index in [0.717, 1.165) is 10.0 Å². The lowest BCUT2D eigenvalue weighted by Crippen LogP contribution is -2.42. The maximum Gasteiger partial charge on any atom is 0.328 e. The van der Waals surface area contributed by atoms with E-state index in [1.807, 2.05) is 13.0 Å². The van der Waals surface area contributed by atoms with Gasteiger partial charge in [0.1, 0.15) is 11.6 Å². The number of halogens is 1. The lowest BCUT2D eigenvalue weighted by Gasteiger charge is -2.22. The fourth-order valence-corrected chi connectivity index (χ4v) is 2.08. The van der Waals surface area contributed by atoms with Crippen molar-refractivity contribution in [3.63, 3.8) is 0 Å². The van der Waals surface area contributed by atoms with E-state index in [4.69, 9.17) is 4.74 Å². The molecule has 0 spiro atoms. The van der Waals surface area contributed by atoms with Gasteiger partial charge in [-0.1, -0.05) is 15.9 Å². The number of carbonyl (C=O) groups excluding carboxylic acids is 2. The average molecular weight is 342 g/mol. The van der Waals surface area contributed by atoms with Gasteiger partial charge in [0, 0.05) is 10.0 Å². The minimum Gasteiger partial charge on any atom is -0.458 e. The highest BCUT2D eigenvalue weighted by Crippen LogP contribution is 2.16. The van der Waals surface area contributed by atoms with Crippen LogP contribution in [0.3, 0.4) is 0 Å². The number of aryl methyl sites for hydroxylation is 1. The summed E-state index contributed by atoms with van der Waals surface area (Å²) in [5.74, 6) is -0.728. The molecule has 5 heteroatoms. The number of nitrogens with one attached hydrogen (secondary N) is 1. The van der Waals surface area contributed by atoms with Crippen LogP contribution in [0.25, 0.3) is 0 Å². The molecule has 0 aliphatic carbocycles. The van der Waals surface area contributed by atoms with Crippen molar-refractivity contribution >= 4 is 27.8 Å². The van der Waals surface area contributed by atoms with E-state index < -0.39 is 17.6 Å². The highest BCUT2D eigenvalue weighted by atomic mass is 79.9. The van der Waals surface area contributed by atoms with E-state index in [-0.39, 0.29) is 5.91 Å². The molecular weight excluding hydrogens is 322 g/mol. The Morgan fingerprint density at radius 3 is 2.40 bits per heavy atom. The van der Waals surface area contributed by atoms with Crippen LogP contribution >= 0.6 is 15.9 Å². The molecule has 0 aliphatic rings. The van der Waals surface area contributed by atoms with E-state index >= 15 is 0 Å². The van der Waals surface area contributed by atoms with Crippen LogP contribution in [0.5, 0.6) is 0 Å². The zero-order valence-corrected chi connectivity index (χ0v) is 14.0. The number of rotatable bonds is 3. The van der Waals surface area contributed by atoms with Crippen LogP contribution in [0.2, 0.25) is 0 Å². The van der Waals surface area contributed by atoms with Crippen molar-refractivity contribution in [1.29, 1.82) is 0 Å². The molecule has 1 rings (SSSR count). The third kappa shape index (κ3) is 4.96. The first kappa shape index (κ1) is 16.7. The van der Waals surface area contributed by atoms with Gasteiger partial charge in [0.05, 0.1) is 0 Å². The minimum absolute atomic E-state index is 0.284. The van der Waals surface area contributed by atoms with Gasteiger partial charge in [-0.2, -0.15) is 0 Å². The summed E-state index contributed by atoms with van der Waals surface area (Å²) in [6.45, 7) is 8.83. The Kier molecular flexibility index (Phi) is 5.34. The van der Waals surface area contributed by atoms with Crippen LogP contribution in [-0.2, 0) is 9.53 Å². The summed E-state index contributed by atoms with van der Waals surface area (Å²) in [4.78, 5) is 23.9. The Morgan fingerprint density at radius 1 is 1.30 bits per heavy atom. The molecule has 0 saturated heterocycles. The number of ether oxygens (including phenoxy) is 1. The summed E-state index contributed by atoms with van der Waals surface area (Å²) < 4.78 is 6.13. The molecule has 4 nitrogen and oxygen atoms in total. The molecule has 0 fully saturated rings. The molecule has 1 amide bonds. The topological polar surface area (TPSA) is 55.4 Å². The van der Waals surface area contributed by atoms with E-state index in [2.05, 4.69) is 21.2 Å². The van der Waals surface area contributed by atoms with Crippen molar-refractivity contribution in [2.24, 2.45) is 0 Å². The first-order valence-electron chi connectivity index (χ1n) is 6.40. The second-order valence-corrected chi connectivity index (χ2v) is 6.60. The van der Waals surface area contributed by atoms with E-state index in [9.17, 15) is 9.59 Å². The quantitative estimate of drug-likeness (QED) is 0.858. The molecule has 0 radical (unpaired) electrons. The molecule has 0 saturated carbocycles. The standard InChI is InChI=1S/C15H20BrNO3/c1-9-8-11(16)6-7-12(9)13(18)17-10(2)14(19)20-15(3,4)5/h6-8,10H,1-5H3,(H,17,18)/t10-/m0/s1. The summed E-state index contributed by atoms with van der Waals surface area (Å²) in [5.41, 5.74) is 0.820. The lowest BCUT2D eigenvalue weighted by atomic mass is 10.1. The monoisotopic (exact) mass is 341 g/mol. The van der Waals surface area contributed by atoms with Crippen molar-refractivity contribution in [2.45, 2.75) is 46.3 Å². The predicted octanol–water partition coefficient (Wildman–Crippen LogP) is 3.22. The summed E-state index contributed by atoms with van der Waals surface area (Å²) in [5, 5.41) is 2.65. The largest absolute Gasteiger partial charge is 0.458 e. The van der Waals surface area contributed by atoms with Gasteiger partial charge in [-0.05, 0) is 58.4 Å². The Labute approximate surface area is 128 Å². The van der Waals surface area contributed by atoms with Crippen LogP contribution in [-0.4, -0.2) is 23.5 Å². The van der Waals surface area contributed by atoms with E-state index in [0.29, 0.717) is 5.56 Å². The number of hydrogen-bond donors (Lipinski definition) is 1. The van der Waals surface area contributed by atoms with Crippen LogP contribution < -0.4 is 5.32 Å². The first-order valence-corrected chi connectivity index (χ1v) is 7.19. The molecule has 0 aliphatic heterocycles. The average Bonchev–Trinajstić information content (AvgIpc) is 2.26. The number of amides is 1. The zero-order valence-electron chi connectivity index (χ0n) is 12.4. The summed E-state index contributed by atoms with van der Waals surface area (Å²) in [6.07, 6.45) is 0. The molecule has 0 unspecified atom stereocenters. The fourth-order valence-electron chi connectivity index (χ4n) is 1.61. The van der Waals surface area contributed by atoms with Crippen molar-refractivity contribution in [1.82, 2.24) is 5.32 Å². The Morgan fingerprint density at radius 2 is 1.90 bits per heavy atom. The number of carbonyl (C=O) groups is 2. The molecule has 1 N–H and O–H groups in total. The highest BCUT2D eigenvalue weighted by molar-refractivity contribution is 9.10. The highest BCUT2D eigenvalue weighted by Gasteiger charge is 2.23.